The van der Waals surface area contributed by atoms with Gasteiger partial charge in [0.05, 0.1) is 11.5 Å². The van der Waals surface area contributed by atoms with Crippen LogP contribution in [0.15, 0.2) is 24.3 Å². The van der Waals surface area contributed by atoms with Gasteiger partial charge in [-0.25, -0.2) is 0 Å². The SMILES string of the molecule is CC1Cc2ccccc2N1C(=O)CSCc1nc(N)nc(N(C)C)n1. The third kappa shape index (κ3) is 3.84. The van der Waals surface area contributed by atoms with Crippen LogP contribution in [0.2, 0.25) is 0 Å². The van der Waals surface area contributed by atoms with Gasteiger partial charge in [0.2, 0.25) is 17.8 Å². The van der Waals surface area contributed by atoms with Crippen LogP contribution < -0.4 is 15.5 Å². The van der Waals surface area contributed by atoms with Crippen molar-refractivity contribution in [3.63, 3.8) is 0 Å². The van der Waals surface area contributed by atoms with Crippen molar-refractivity contribution >= 4 is 35.3 Å². The van der Waals surface area contributed by atoms with Gasteiger partial charge in [-0.05, 0) is 25.0 Å². The lowest BCUT2D eigenvalue weighted by atomic mass is 10.1. The largest absolute Gasteiger partial charge is 0.368 e. The number of benzene rings is 1. The number of amides is 1. The van der Waals surface area contributed by atoms with Gasteiger partial charge in [-0.1, -0.05) is 18.2 Å². The number of carbonyl (C=O) groups is 1. The third-order valence-electron chi connectivity index (χ3n) is 4.02. The Morgan fingerprint density at radius 3 is 2.84 bits per heavy atom. The van der Waals surface area contributed by atoms with Crippen LogP contribution in [0.4, 0.5) is 17.6 Å². The number of para-hydroxylation sites is 1. The molecule has 0 radical (unpaired) electrons. The molecule has 0 fully saturated rings. The van der Waals surface area contributed by atoms with Crippen molar-refractivity contribution in [1.29, 1.82) is 0 Å². The molecule has 25 heavy (non-hydrogen) atoms. The van der Waals surface area contributed by atoms with E-state index in [1.54, 1.807) is 4.90 Å². The summed E-state index contributed by atoms with van der Waals surface area (Å²) in [5.74, 6) is 2.31. The molecule has 132 valence electrons. The zero-order valence-electron chi connectivity index (χ0n) is 14.6. The lowest BCUT2D eigenvalue weighted by molar-refractivity contribution is -0.116. The Bertz CT molecular complexity index is 781. The summed E-state index contributed by atoms with van der Waals surface area (Å²) in [6.45, 7) is 2.08. The van der Waals surface area contributed by atoms with E-state index in [-0.39, 0.29) is 17.9 Å². The van der Waals surface area contributed by atoms with E-state index in [2.05, 4.69) is 27.9 Å². The molecule has 0 saturated heterocycles. The molecule has 0 aliphatic carbocycles. The monoisotopic (exact) mass is 358 g/mol. The van der Waals surface area contributed by atoms with E-state index in [1.807, 2.05) is 37.2 Å². The summed E-state index contributed by atoms with van der Waals surface area (Å²) in [4.78, 5) is 28.9. The Morgan fingerprint density at radius 1 is 1.32 bits per heavy atom. The molecule has 1 aliphatic heterocycles. The highest BCUT2D eigenvalue weighted by molar-refractivity contribution is 7.99. The van der Waals surface area contributed by atoms with Crippen LogP contribution in [0, 0.1) is 0 Å². The number of fused-ring (bicyclic) bond motifs is 1. The van der Waals surface area contributed by atoms with Gasteiger partial charge in [-0.15, -0.1) is 11.8 Å². The summed E-state index contributed by atoms with van der Waals surface area (Å²) in [6.07, 6.45) is 0.906. The number of hydrogen-bond donors (Lipinski definition) is 1. The second-order valence-corrected chi connectivity index (χ2v) is 7.23. The molecule has 0 saturated carbocycles. The first-order valence-corrected chi connectivity index (χ1v) is 9.26. The van der Waals surface area contributed by atoms with E-state index in [9.17, 15) is 4.79 Å². The minimum atomic E-state index is 0.109. The minimum Gasteiger partial charge on any atom is -0.368 e. The van der Waals surface area contributed by atoms with Crippen molar-refractivity contribution in [2.24, 2.45) is 0 Å². The average molecular weight is 358 g/mol. The Hall–Kier alpha value is -2.35. The molecule has 1 aromatic heterocycles. The standard InChI is InChI=1S/C17H22N6OS/c1-11-8-12-6-4-5-7-13(12)23(11)15(24)10-25-9-14-19-16(18)21-17(20-14)22(2)3/h4-7,11H,8-10H2,1-3H3,(H2,18,19,20,21). The van der Waals surface area contributed by atoms with E-state index in [4.69, 9.17) is 5.73 Å². The number of nitrogen functional groups attached to an aromatic ring is 1. The van der Waals surface area contributed by atoms with E-state index >= 15 is 0 Å². The second-order valence-electron chi connectivity index (χ2n) is 6.24. The first-order valence-electron chi connectivity index (χ1n) is 8.11. The van der Waals surface area contributed by atoms with Crippen LogP contribution in [0.5, 0.6) is 0 Å². The van der Waals surface area contributed by atoms with E-state index < -0.39 is 0 Å². The second kappa shape index (κ2) is 7.26. The smallest absolute Gasteiger partial charge is 0.237 e. The number of carbonyl (C=O) groups excluding carboxylic acids is 1. The van der Waals surface area contributed by atoms with Crippen LogP contribution in [0.1, 0.15) is 18.3 Å². The molecule has 8 heteroatoms. The van der Waals surface area contributed by atoms with Crippen molar-refractivity contribution in [3.05, 3.63) is 35.7 Å². The quantitative estimate of drug-likeness (QED) is 0.871. The summed E-state index contributed by atoms with van der Waals surface area (Å²) in [6, 6.07) is 8.28. The van der Waals surface area contributed by atoms with Crippen LogP contribution in [-0.2, 0) is 17.0 Å². The number of nitrogens with zero attached hydrogens (tertiary/aromatic N) is 5. The molecule has 0 bridgehead atoms. The molecular formula is C17H22N6OS. The summed E-state index contributed by atoms with van der Waals surface area (Å²) in [5, 5.41) is 0. The number of rotatable bonds is 5. The Labute approximate surface area is 151 Å². The van der Waals surface area contributed by atoms with Crippen molar-refractivity contribution in [1.82, 2.24) is 15.0 Å². The predicted molar refractivity (Wildman–Crippen MR) is 102 cm³/mol. The fourth-order valence-corrected chi connectivity index (χ4v) is 3.66. The van der Waals surface area contributed by atoms with E-state index in [0.29, 0.717) is 23.3 Å². The van der Waals surface area contributed by atoms with Crippen molar-refractivity contribution in [2.75, 3.05) is 35.4 Å². The van der Waals surface area contributed by atoms with Crippen molar-refractivity contribution in [2.45, 2.75) is 25.1 Å². The van der Waals surface area contributed by atoms with E-state index in [0.717, 1.165) is 12.1 Å². The normalized spacial score (nSPS) is 16.0. The van der Waals surface area contributed by atoms with Gasteiger partial charge in [0.1, 0.15) is 5.82 Å². The van der Waals surface area contributed by atoms with Gasteiger partial charge in [0.15, 0.2) is 0 Å². The first-order chi connectivity index (χ1) is 12.0. The fraction of sp³-hybridized carbons (Fsp3) is 0.412. The maximum atomic E-state index is 12.7. The predicted octanol–water partition coefficient (Wildman–Crippen LogP) is 1.73. The Balaban J connectivity index is 1.62. The summed E-state index contributed by atoms with van der Waals surface area (Å²) in [5.41, 5.74) is 7.98. The zero-order chi connectivity index (χ0) is 18.0. The highest BCUT2D eigenvalue weighted by Crippen LogP contribution is 2.32. The van der Waals surface area contributed by atoms with Gasteiger partial charge in [-0.2, -0.15) is 15.0 Å². The molecule has 2 N–H and O–H groups in total. The molecule has 3 rings (SSSR count). The molecule has 2 heterocycles. The third-order valence-corrected chi connectivity index (χ3v) is 4.93. The van der Waals surface area contributed by atoms with Crippen molar-refractivity contribution in [3.8, 4) is 0 Å². The highest BCUT2D eigenvalue weighted by Gasteiger charge is 2.30. The lowest BCUT2D eigenvalue weighted by Crippen LogP contribution is -2.37. The molecule has 2 aromatic rings. The van der Waals surface area contributed by atoms with Crippen molar-refractivity contribution < 1.29 is 4.79 Å². The van der Waals surface area contributed by atoms with Crippen LogP contribution in [-0.4, -0.2) is 46.7 Å². The first kappa shape index (κ1) is 17.5. The van der Waals surface area contributed by atoms with Gasteiger partial charge >= 0.3 is 0 Å². The summed E-state index contributed by atoms with van der Waals surface area (Å²) < 4.78 is 0. The molecule has 7 nitrogen and oxygen atoms in total. The van der Waals surface area contributed by atoms with Crippen LogP contribution in [0.3, 0.4) is 0 Å². The van der Waals surface area contributed by atoms with Gasteiger partial charge in [0, 0.05) is 25.8 Å². The molecule has 0 spiro atoms. The number of aromatic nitrogens is 3. The fourth-order valence-electron chi connectivity index (χ4n) is 2.93. The number of anilines is 3. The van der Waals surface area contributed by atoms with Gasteiger partial charge < -0.3 is 15.5 Å². The van der Waals surface area contributed by atoms with E-state index in [1.165, 1.54) is 17.3 Å². The molecule has 1 atom stereocenters. The molecular weight excluding hydrogens is 336 g/mol. The lowest BCUT2D eigenvalue weighted by Gasteiger charge is -2.22. The maximum absolute atomic E-state index is 12.7. The summed E-state index contributed by atoms with van der Waals surface area (Å²) in [7, 11) is 3.70. The summed E-state index contributed by atoms with van der Waals surface area (Å²) >= 11 is 1.49. The Morgan fingerprint density at radius 2 is 2.08 bits per heavy atom. The molecule has 1 aromatic carbocycles. The zero-order valence-corrected chi connectivity index (χ0v) is 15.5. The molecule has 1 amide bonds. The number of nitrogens with two attached hydrogens (primary N) is 1. The maximum Gasteiger partial charge on any atom is 0.237 e. The molecule has 1 unspecified atom stereocenters. The minimum absolute atomic E-state index is 0.109. The van der Waals surface area contributed by atoms with Crippen LogP contribution in [0.25, 0.3) is 0 Å². The Kier molecular flexibility index (Phi) is 5.08. The van der Waals surface area contributed by atoms with Gasteiger partial charge in [-0.3, -0.25) is 4.79 Å². The topological polar surface area (TPSA) is 88.2 Å². The van der Waals surface area contributed by atoms with Crippen LogP contribution >= 0.6 is 11.8 Å². The number of thioether (sulfide) groups is 1. The number of hydrogen-bond acceptors (Lipinski definition) is 7. The van der Waals surface area contributed by atoms with Gasteiger partial charge in [0.25, 0.3) is 0 Å². The molecule has 1 aliphatic rings. The highest BCUT2D eigenvalue weighted by atomic mass is 32.2. The average Bonchev–Trinajstić information content (AvgIpc) is 2.90.